The van der Waals surface area contributed by atoms with E-state index in [1.165, 1.54) is 62.6 Å². The van der Waals surface area contributed by atoms with Gasteiger partial charge in [-0.15, -0.1) is 0 Å². The van der Waals surface area contributed by atoms with Gasteiger partial charge in [-0.2, -0.15) is 0 Å². The summed E-state index contributed by atoms with van der Waals surface area (Å²) in [5, 5.41) is 2.51. The van der Waals surface area contributed by atoms with Crippen LogP contribution in [0.1, 0.15) is 27.6 Å². The third-order valence-electron chi connectivity index (χ3n) is 3.31. The van der Waals surface area contributed by atoms with Crippen molar-refractivity contribution in [3.63, 3.8) is 0 Å². The van der Waals surface area contributed by atoms with E-state index in [2.05, 4.69) is 10.1 Å². The molecule has 0 saturated carbocycles. The highest BCUT2D eigenvalue weighted by Gasteiger charge is 2.19. The first kappa shape index (κ1) is 18.1. The highest BCUT2D eigenvalue weighted by molar-refractivity contribution is 5.98. The number of carbonyl (C=O) groups excluding carboxylic acids is 3. The SMILES string of the molecule is COC(=O)c1ccc(C(=O)O[C@@H](C)C(=O)Nc2ccc(F)cc2)cc1. The number of benzene rings is 2. The molecular formula is C18H16FNO5. The Morgan fingerprint density at radius 1 is 0.920 bits per heavy atom. The van der Waals surface area contributed by atoms with Crippen LogP contribution in [0.25, 0.3) is 0 Å². The van der Waals surface area contributed by atoms with Crippen LogP contribution in [-0.2, 0) is 14.3 Å². The Hall–Kier alpha value is -3.22. The predicted molar refractivity (Wildman–Crippen MR) is 87.7 cm³/mol. The molecule has 130 valence electrons. The van der Waals surface area contributed by atoms with Crippen LogP contribution in [0.15, 0.2) is 48.5 Å². The van der Waals surface area contributed by atoms with Gasteiger partial charge in [0.2, 0.25) is 0 Å². The maximum absolute atomic E-state index is 12.8. The van der Waals surface area contributed by atoms with Gasteiger partial charge in [0.05, 0.1) is 18.2 Å². The van der Waals surface area contributed by atoms with E-state index in [1.54, 1.807) is 0 Å². The molecule has 0 saturated heterocycles. The fraction of sp³-hybridized carbons (Fsp3) is 0.167. The molecule has 2 aromatic rings. The summed E-state index contributed by atoms with van der Waals surface area (Å²) >= 11 is 0. The van der Waals surface area contributed by atoms with E-state index in [4.69, 9.17) is 4.74 Å². The maximum Gasteiger partial charge on any atom is 0.338 e. The smallest absolute Gasteiger partial charge is 0.338 e. The van der Waals surface area contributed by atoms with Crippen molar-refractivity contribution in [2.75, 3.05) is 12.4 Å². The van der Waals surface area contributed by atoms with Crippen LogP contribution in [-0.4, -0.2) is 31.1 Å². The summed E-state index contributed by atoms with van der Waals surface area (Å²) in [6.45, 7) is 1.42. The van der Waals surface area contributed by atoms with E-state index < -0.39 is 29.8 Å². The molecule has 2 aromatic carbocycles. The van der Waals surface area contributed by atoms with E-state index in [0.717, 1.165) is 0 Å². The minimum absolute atomic E-state index is 0.189. The van der Waals surface area contributed by atoms with Crippen LogP contribution >= 0.6 is 0 Å². The molecule has 1 N–H and O–H groups in total. The van der Waals surface area contributed by atoms with Gasteiger partial charge in [0.15, 0.2) is 6.10 Å². The largest absolute Gasteiger partial charge is 0.465 e. The van der Waals surface area contributed by atoms with E-state index >= 15 is 0 Å². The second-order valence-corrected chi connectivity index (χ2v) is 5.11. The number of hydrogen-bond acceptors (Lipinski definition) is 5. The first-order chi connectivity index (χ1) is 11.9. The van der Waals surface area contributed by atoms with Gasteiger partial charge in [-0.1, -0.05) is 0 Å². The molecule has 0 aromatic heterocycles. The lowest BCUT2D eigenvalue weighted by atomic mass is 10.1. The van der Waals surface area contributed by atoms with Crippen LogP contribution in [0.4, 0.5) is 10.1 Å². The third-order valence-corrected chi connectivity index (χ3v) is 3.31. The molecule has 2 rings (SSSR count). The number of carbonyl (C=O) groups is 3. The van der Waals surface area contributed by atoms with Crippen molar-refractivity contribution in [2.24, 2.45) is 0 Å². The van der Waals surface area contributed by atoms with Gasteiger partial charge >= 0.3 is 11.9 Å². The van der Waals surface area contributed by atoms with Crippen molar-refractivity contribution in [1.82, 2.24) is 0 Å². The summed E-state index contributed by atoms with van der Waals surface area (Å²) in [7, 11) is 1.26. The number of nitrogens with one attached hydrogen (secondary N) is 1. The average molecular weight is 345 g/mol. The quantitative estimate of drug-likeness (QED) is 0.843. The van der Waals surface area contributed by atoms with E-state index in [1.807, 2.05) is 0 Å². The molecule has 0 unspecified atom stereocenters. The standard InChI is InChI=1S/C18H16FNO5/c1-11(16(21)20-15-9-7-14(19)8-10-15)25-18(23)13-5-3-12(4-6-13)17(22)24-2/h3-11H,1-2H3,(H,20,21)/t11-/m0/s1. The molecular weight excluding hydrogens is 329 g/mol. The van der Waals surface area contributed by atoms with Crippen LogP contribution in [0, 0.1) is 5.82 Å². The minimum atomic E-state index is -1.06. The molecule has 0 radical (unpaired) electrons. The van der Waals surface area contributed by atoms with Crippen molar-refractivity contribution in [3.05, 3.63) is 65.5 Å². The van der Waals surface area contributed by atoms with E-state index in [9.17, 15) is 18.8 Å². The topological polar surface area (TPSA) is 81.7 Å². The van der Waals surface area contributed by atoms with Crippen LogP contribution in [0.2, 0.25) is 0 Å². The van der Waals surface area contributed by atoms with Gasteiger partial charge in [0, 0.05) is 5.69 Å². The van der Waals surface area contributed by atoms with Gasteiger partial charge in [-0.3, -0.25) is 4.79 Å². The first-order valence-electron chi connectivity index (χ1n) is 7.36. The van der Waals surface area contributed by atoms with Gasteiger partial charge in [0.25, 0.3) is 5.91 Å². The van der Waals surface area contributed by atoms with Crippen molar-refractivity contribution in [1.29, 1.82) is 0 Å². The Morgan fingerprint density at radius 3 is 1.96 bits per heavy atom. The molecule has 0 aliphatic heterocycles. The van der Waals surface area contributed by atoms with Crippen molar-refractivity contribution < 1.29 is 28.2 Å². The summed E-state index contributed by atoms with van der Waals surface area (Å²) in [5.41, 5.74) is 0.868. The number of rotatable bonds is 5. The maximum atomic E-state index is 12.8. The van der Waals surface area contributed by atoms with Gasteiger partial charge in [0.1, 0.15) is 5.82 Å². The summed E-state index contributed by atoms with van der Waals surface area (Å²) in [4.78, 5) is 35.4. The lowest BCUT2D eigenvalue weighted by molar-refractivity contribution is -0.123. The van der Waals surface area contributed by atoms with Crippen LogP contribution in [0.5, 0.6) is 0 Å². The lowest BCUT2D eigenvalue weighted by Gasteiger charge is -2.13. The third kappa shape index (κ3) is 4.87. The fourth-order valence-electron chi connectivity index (χ4n) is 1.92. The Labute approximate surface area is 143 Å². The van der Waals surface area contributed by atoms with E-state index in [-0.39, 0.29) is 5.56 Å². The second-order valence-electron chi connectivity index (χ2n) is 5.11. The number of esters is 2. The molecule has 7 heteroatoms. The molecule has 1 atom stereocenters. The van der Waals surface area contributed by atoms with Gasteiger partial charge in [-0.05, 0) is 55.5 Å². The van der Waals surface area contributed by atoms with Crippen LogP contribution in [0.3, 0.4) is 0 Å². The number of ether oxygens (including phenoxy) is 2. The predicted octanol–water partition coefficient (Wildman–Crippen LogP) is 2.80. The summed E-state index contributed by atoms with van der Waals surface area (Å²) < 4.78 is 22.5. The number of methoxy groups -OCH3 is 1. The number of amides is 1. The summed E-state index contributed by atoms with van der Waals surface area (Å²) in [5.74, 6) is -2.20. The molecule has 0 spiro atoms. The Bertz CT molecular complexity index is 771. The zero-order valence-electron chi connectivity index (χ0n) is 13.6. The number of hydrogen-bond donors (Lipinski definition) is 1. The molecule has 0 aliphatic carbocycles. The molecule has 0 fully saturated rings. The molecule has 0 bridgehead atoms. The lowest BCUT2D eigenvalue weighted by Crippen LogP contribution is -2.30. The average Bonchev–Trinajstić information content (AvgIpc) is 2.62. The summed E-state index contributed by atoms with van der Waals surface area (Å²) in [6.07, 6.45) is -1.06. The van der Waals surface area contributed by atoms with Crippen molar-refractivity contribution in [3.8, 4) is 0 Å². The molecule has 0 heterocycles. The van der Waals surface area contributed by atoms with Gasteiger partial charge < -0.3 is 14.8 Å². The van der Waals surface area contributed by atoms with E-state index in [0.29, 0.717) is 11.3 Å². The van der Waals surface area contributed by atoms with Crippen molar-refractivity contribution >= 4 is 23.5 Å². The molecule has 6 nitrogen and oxygen atoms in total. The minimum Gasteiger partial charge on any atom is -0.465 e. The second kappa shape index (κ2) is 8.05. The first-order valence-corrected chi connectivity index (χ1v) is 7.36. The molecule has 1 amide bonds. The number of halogens is 1. The monoisotopic (exact) mass is 345 g/mol. The zero-order valence-corrected chi connectivity index (χ0v) is 13.6. The number of anilines is 1. The Morgan fingerprint density at radius 2 is 1.44 bits per heavy atom. The fourth-order valence-corrected chi connectivity index (χ4v) is 1.92. The normalized spacial score (nSPS) is 11.3. The highest BCUT2D eigenvalue weighted by atomic mass is 19.1. The molecule has 0 aliphatic rings. The van der Waals surface area contributed by atoms with Crippen LogP contribution < -0.4 is 5.32 Å². The highest BCUT2D eigenvalue weighted by Crippen LogP contribution is 2.11. The molecule has 25 heavy (non-hydrogen) atoms. The van der Waals surface area contributed by atoms with Crippen molar-refractivity contribution in [2.45, 2.75) is 13.0 Å². The van der Waals surface area contributed by atoms with Gasteiger partial charge in [-0.25, -0.2) is 14.0 Å². The Kier molecular flexibility index (Phi) is 5.84. The summed E-state index contributed by atoms with van der Waals surface area (Å²) in [6, 6.07) is 10.8. The zero-order chi connectivity index (χ0) is 18.4. The Balaban J connectivity index is 1.95.